The summed E-state index contributed by atoms with van der Waals surface area (Å²) in [6.45, 7) is 1.71. The largest absolute Gasteiger partial charge is 0.496 e. The maximum absolute atomic E-state index is 14.7. The number of fused-ring (bicyclic) bond motifs is 1. The predicted molar refractivity (Wildman–Crippen MR) is 165 cm³/mol. The van der Waals surface area contributed by atoms with Gasteiger partial charge in [-0.2, -0.15) is 0 Å². The second-order valence-electron chi connectivity index (χ2n) is 10.6. The maximum atomic E-state index is 14.7. The van der Waals surface area contributed by atoms with E-state index in [0.29, 0.717) is 24.2 Å². The average Bonchev–Trinajstić information content (AvgIpc) is 3.35. The van der Waals surface area contributed by atoms with Crippen molar-refractivity contribution in [2.24, 2.45) is 0 Å². The third-order valence-electron chi connectivity index (χ3n) is 7.97. The summed E-state index contributed by atoms with van der Waals surface area (Å²) in [6, 6.07) is 15.1. The number of rotatable bonds is 8. The smallest absolute Gasteiger partial charge is 0.266 e. The van der Waals surface area contributed by atoms with Gasteiger partial charge in [-0.05, 0) is 85.8 Å². The summed E-state index contributed by atoms with van der Waals surface area (Å²) in [5.41, 5.74) is 3.07. The number of nitrogens with zero attached hydrogens (tertiary/aromatic N) is 2. The number of ether oxygens (including phenoxy) is 1. The normalized spacial score (nSPS) is 17.0. The molecule has 0 radical (unpaired) electrons. The Hall–Kier alpha value is -3.04. The molecule has 0 unspecified atom stereocenters. The van der Waals surface area contributed by atoms with E-state index in [1.54, 1.807) is 22.5 Å². The molecule has 1 aliphatic rings. The molecule has 0 aliphatic heterocycles. The fourth-order valence-electron chi connectivity index (χ4n) is 5.64. The standard InChI is InChI=1S/C32H30Cl2F2N2O3S/c1-18(39)19-5-4-6-20(15-19)21-7-14-27(41-3)22(16-21)17-38(24-10-8-23(9-11-24)37(2)34)32(40)31-29(33)28-25(35)12-13-26(36)30(28)42-31/h4-7,12-16,23-24H,8-11,17H2,1-3H3/t23-,24-. The van der Waals surface area contributed by atoms with Crippen molar-refractivity contribution in [2.75, 3.05) is 14.2 Å². The van der Waals surface area contributed by atoms with Gasteiger partial charge in [0, 0.05) is 36.8 Å². The van der Waals surface area contributed by atoms with Crippen molar-refractivity contribution in [2.45, 2.75) is 51.2 Å². The van der Waals surface area contributed by atoms with Crippen molar-refractivity contribution in [3.63, 3.8) is 0 Å². The molecule has 0 bridgehead atoms. The van der Waals surface area contributed by atoms with Crippen LogP contribution in [0.2, 0.25) is 5.02 Å². The molecule has 5 nitrogen and oxygen atoms in total. The van der Waals surface area contributed by atoms with Crippen LogP contribution in [0.1, 0.15) is 58.2 Å². The molecule has 1 fully saturated rings. The Morgan fingerprint density at radius 2 is 1.64 bits per heavy atom. The van der Waals surface area contributed by atoms with Crippen LogP contribution in [0.3, 0.4) is 0 Å². The van der Waals surface area contributed by atoms with Crippen molar-refractivity contribution < 1.29 is 23.1 Å². The third kappa shape index (κ3) is 6.04. The Balaban J connectivity index is 1.56. The zero-order chi connectivity index (χ0) is 30.1. The van der Waals surface area contributed by atoms with E-state index in [0.717, 1.165) is 53.0 Å². The molecule has 5 rings (SSSR count). The number of methoxy groups -OCH3 is 1. The van der Waals surface area contributed by atoms with Gasteiger partial charge in [-0.15, -0.1) is 11.3 Å². The highest BCUT2D eigenvalue weighted by atomic mass is 35.5. The first kappa shape index (κ1) is 30.4. The van der Waals surface area contributed by atoms with Crippen LogP contribution >= 0.6 is 34.7 Å². The molecule has 1 aliphatic carbocycles. The topological polar surface area (TPSA) is 49.9 Å². The number of thiophene rings is 1. The molecule has 42 heavy (non-hydrogen) atoms. The molecule has 0 N–H and O–H groups in total. The molecular formula is C32H30Cl2F2N2O3S. The minimum absolute atomic E-state index is 0.0145. The lowest BCUT2D eigenvalue weighted by atomic mass is 9.89. The molecule has 0 saturated heterocycles. The molecule has 1 aromatic heterocycles. The number of Topliss-reactive ketones (excluding diaryl/α,β-unsaturated/α-hetero) is 1. The lowest BCUT2D eigenvalue weighted by Crippen LogP contribution is -2.44. The molecule has 1 amide bonds. The molecule has 220 valence electrons. The fourth-order valence-corrected chi connectivity index (χ4v) is 7.34. The van der Waals surface area contributed by atoms with Crippen LogP contribution < -0.4 is 4.74 Å². The Kier molecular flexibility index (Phi) is 9.18. The van der Waals surface area contributed by atoms with Crippen molar-refractivity contribution in [1.29, 1.82) is 0 Å². The maximum Gasteiger partial charge on any atom is 0.266 e. The zero-order valence-corrected chi connectivity index (χ0v) is 25.8. The Morgan fingerprint density at radius 3 is 2.29 bits per heavy atom. The molecule has 1 heterocycles. The van der Waals surface area contributed by atoms with Crippen molar-refractivity contribution in [1.82, 2.24) is 9.32 Å². The van der Waals surface area contributed by atoms with E-state index in [-0.39, 0.29) is 44.4 Å². The van der Waals surface area contributed by atoms with Gasteiger partial charge in [-0.3, -0.25) is 9.59 Å². The number of benzene rings is 3. The lowest BCUT2D eigenvalue weighted by molar-refractivity contribution is 0.0589. The fraction of sp³-hybridized carbons (Fsp3) is 0.312. The SMILES string of the molecule is COc1ccc(-c2cccc(C(C)=O)c2)cc1CN(C(=O)c1sc2c(F)ccc(F)c2c1Cl)[C@H]1CC[C@H](N(C)Cl)CC1. The summed E-state index contributed by atoms with van der Waals surface area (Å²) in [4.78, 5) is 28.1. The van der Waals surface area contributed by atoms with Crippen LogP contribution in [-0.2, 0) is 6.54 Å². The summed E-state index contributed by atoms with van der Waals surface area (Å²) >= 11 is 13.7. The minimum atomic E-state index is -0.675. The number of carbonyl (C=O) groups excluding carboxylic acids is 2. The van der Waals surface area contributed by atoms with E-state index in [9.17, 15) is 18.4 Å². The number of ketones is 1. The van der Waals surface area contributed by atoms with Crippen LogP contribution in [0.15, 0.2) is 54.6 Å². The molecule has 1 saturated carbocycles. The van der Waals surface area contributed by atoms with Gasteiger partial charge in [0.1, 0.15) is 22.3 Å². The van der Waals surface area contributed by atoms with Crippen molar-refractivity contribution in [3.8, 4) is 16.9 Å². The average molecular weight is 632 g/mol. The van der Waals surface area contributed by atoms with E-state index in [4.69, 9.17) is 28.1 Å². The van der Waals surface area contributed by atoms with Crippen LogP contribution in [0.5, 0.6) is 5.75 Å². The molecule has 4 aromatic rings. The van der Waals surface area contributed by atoms with Crippen molar-refractivity contribution >= 4 is 56.5 Å². The van der Waals surface area contributed by atoms with Gasteiger partial charge in [0.25, 0.3) is 5.91 Å². The highest BCUT2D eigenvalue weighted by molar-refractivity contribution is 7.21. The summed E-state index contributed by atoms with van der Waals surface area (Å²) < 4.78 is 36.7. The van der Waals surface area contributed by atoms with Crippen LogP contribution in [-0.4, -0.2) is 47.3 Å². The molecule has 0 spiro atoms. The van der Waals surface area contributed by atoms with Gasteiger partial charge in [0.15, 0.2) is 5.78 Å². The predicted octanol–water partition coefficient (Wildman–Crippen LogP) is 8.75. The van der Waals surface area contributed by atoms with E-state index in [1.165, 1.54) is 6.92 Å². The Morgan fingerprint density at radius 1 is 0.976 bits per heavy atom. The minimum Gasteiger partial charge on any atom is -0.496 e. The van der Waals surface area contributed by atoms with Gasteiger partial charge in [-0.25, -0.2) is 13.2 Å². The van der Waals surface area contributed by atoms with Gasteiger partial charge in [0.05, 0.1) is 22.2 Å². The summed E-state index contributed by atoms with van der Waals surface area (Å²) in [6.07, 6.45) is 2.96. The quantitative estimate of drug-likeness (QED) is 0.144. The first-order valence-corrected chi connectivity index (χ1v) is 15.2. The van der Waals surface area contributed by atoms with Gasteiger partial charge >= 0.3 is 0 Å². The van der Waals surface area contributed by atoms with E-state index >= 15 is 0 Å². The number of halogens is 4. The summed E-state index contributed by atoms with van der Waals surface area (Å²) in [7, 11) is 3.39. The van der Waals surface area contributed by atoms with Crippen molar-refractivity contribution in [3.05, 3.63) is 87.3 Å². The van der Waals surface area contributed by atoms with Gasteiger partial charge in [-0.1, -0.05) is 35.9 Å². The second-order valence-corrected chi connectivity index (χ2v) is 12.5. The summed E-state index contributed by atoms with van der Waals surface area (Å²) in [5.74, 6) is -1.14. The first-order valence-electron chi connectivity index (χ1n) is 13.6. The summed E-state index contributed by atoms with van der Waals surface area (Å²) in [5, 5.41) is -0.166. The number of carbonyl (C=O) groups is 2. The van der Waals surface area contributed by atoms with E-state index in [1.807, 2.05) is 43.4 Å². The molecule has 10 heteroatoms. The van der Waals surface area contributed by atoms with Crippen LogP contribution in [0, 0.1) is 11.6 Å². The van der Waals surface area contributed by atoms with Gasteiger partial charge in [0.2, 0.25) is 0 Å². The number of hydrogen-bond acceptors (Lipinski definition) is 5. The first-order chi connectivity index (χ1) is 20.1. The number of hydrogen-bond donors (Lipinski definition) is 0. The molecule has 0 atom stereocenters. The van der Waals surface area contributed by atoms with Gasteiger partial charge < -0.3 is 9.64 Å². The van der Waals surface area contributed by atoms with E-state index in [2.05, 4.69) is 0 Å². The van der Waals surface area contributed by atoms with E-state index < -0.39 is 17.5 Å². The monoisotopic (exact) mass is 630 g/mol. The zero-order valence-electron chi connectivity index (χ0n) is 23.4. The highest BCUT2D eigenvalue weighted by Crippen LogP contribution is 2.41. The lowest BCUT2D eigenvalue weighted by Gasteiger charge is -2.38. The number of amides is 1. The van der Waals surface area contributed by atoms with Crippen LogP contribution in [0.25, 0.3) is 21.2 Å². The highest BCUT2D eigenvalue weighted by Gasteiger charge is 2.34. The Bertz CT molecular complexity index is 1650. The third-order valence-corrected chi connectivity index (χ3v) is 9.92. The molecular weight excluding hydrogens is 601 g/mol. The van der Waals surface area contributed by atoms with Crippen LogP contribution in [0.4, 0.5) is 8.78 Å². The molecule has 3 aromatic carbocycles. The second kappa shape index (κ2) is 12.7. The Labute approximate surface area is 257 Å².